The summed E-state index contributed by atoms with van der Waals surface area (Å²) < 4.78 is 34.7. The largest absolute Gasteiger partial charge is 0.339 e. The van der Waals surface area contributed by atoms with Crippen LogP contribution >= 0.6 is 0 Å². The minimum Gasteiger partial charge on any atom is -0.339 e. The topological polar surface area (TPSA) is 73.0 Å². The summed E-state index contributed by atoms with van der Waals surface area (Å²) in [5.74, 6) is -4.33. The summed E-state index contributed by atoms with van der Waals surface area (Å²) in [6, 6.07) is 23.8. The third-order valence-electron chi connectivity index (χ3n) is 9.48. The maximum absolute atomic E-state index is 17.3. The molecule has 1 fully saturated rings. The van der Waals surface area contributed by atoms with Gasteiger partial charge in [-0.15, -0.1) is 0 Å². The van der Waals surface area contributed by atoms with Crippen LogP contribution in [0.2, 0.25) is 0 Å². The minimum atomic E-state index is -4.11. The zero-order valence-electron chi connectivity index (χ0n) is 27.1. The Balaban J connectivity index is 1.70. The Morgan fingerprint density at radius 3 is 2.23 bits per heavy atom. The summed E-state index contributed by atoms with van der Waals surface area (Å²) in [6.07, 6.45) is 2.95. The van der Waals surface area contributed by atoms with Gasteiger partial charge in [-0.05, 0) is 81.6 Å². The van der Waals surface area contributed by atoms with Gasteiger partial charge in [-0.2, -0.15) is 8.78 Å². The Morgan fingerprint density at radius 1 is 0.938 bits per heavy atom. The number of fused-ring (bicyclic) bond motifs is 1. The minimum absolute atomic E-state index is 0.218. The molecule has 9 heteroatoms. The third-order valence-corrected chi connectivity index (χ3v) is 9.48. The molecule has 2 amide bonds. The van der Waals surface area contributed by atoms with Crippen molar-refractivity contribution in [3.05, 3.63) is 131 Å². The van der Waals surface area contributed by atoms with E-state index in [1.54, 1.807) is 77.7 Å². The van der Waals surface area contributed by atoms with Gasteiger partial charge in [0.15, 0.2) is 0 Å². The zero-order valence-corrected chi connectivity index (χ0v) is 27.1. The van der Waals surface area contributed by atoms with Crippen molar-refractivity contribution in [2.75, 3.05) is 37.4 Å². The predicted molar refractivity (Wildman–Crippen MR) is 184 cm³/mol. The second-order valence-electron chi connectivity index (χ2n) is 12.5. The van der Waals surface area contributed by atoms with Gasteiger partial charge in [0.2, 0.25) is 0 Å². The summed E-state index contributed by atoms with van der Waals surface area (Å²) in [5.41, 5.74) is -0.305. The number of alkyl halides is 2. The first-order valence-corrected chi connectivity index (χ1v) is 16.2. The summed E-state index contributed by atoms with van der Waals surface area (Å²) in [5, 5.41) is 2.86. The molecule has 1 saturated heterocycles. The number of hydrogen-bond acceptors (Lipinski definition) is 5. The van der Waals surface area contributed by atoms with Crippen LogP contribution in [0.1, 0.15) is 36.8 Å². The first kappa shape index (κ1) is 32.8. The molecular formula is C39H38F2N4O3. The number of rotatable bonds is 6. The Hall–Kier alpha value is -5.11. The number of amides is 2. The monoisotopic (exact) mass is 648 g/mol. The zero-order chi connectivity index (χ0) is 34.0. The van der Waals surface area contributed by atoms with Crippen LogP contribution < -0.4 is 10.2 Å². The van der Waals surface area contributed by atoms with Crippen LogP contribution in [0.4, 0.5) is 20.2 Å². The molecule has 2 heterocycles. The quantitative estimate of drug-likeness (QED) is 0.303. The number of benzene rings is 3. The van der Waals surface area contributed by atoms with E-state index in [-0.39, 0.29) is 28.4 Å². The van der Waals surface area contributed by atoms with Crippen LogP contribution in [0.5, 0.6) is 0 Å². The second-order valence-corrected chi connectivity index (χ2v) is 12.5. The van der Waals surface area contributed by atoms with Crippen LogP contribution in [-0.2, 0) is 20.8 Å². The number of piperidine rings is 1. The summed E-state index contributed by atoms with van der Waals surface area (Å²) in [6.45, 7) is 5.70. The maximum Gasteiger partial charge on any atom is 0.316 e. The molecule has 7 nitrogen and oxygen atoms in total. The molecule has 1 aliphatic carbocycles. The van der Waals surface area contributed by atoms with Gasteiger partial charge < -0.3 is 20.0 Å². The molecule has 0 bridgehead atoms. The molecule has 0 atom stereocenters. The van der Waals surface area contributed by atoms with Crippen LogP contribution in [0.15, 0.2) is 120 Å². The highest BCUT2D eigenvalue weighted by molar-refractivity contribution is 6.20. The third kappa shape index (κ3) is 6.03. The molecule has 0 aromatic heterocycles. The van der Waals surface area contributed by atoms with Crippen molar-refractivity contribution in [3.63, 3.8) is 0 Å². The summed E-state index contributed by atoms with van der Waals surface area (Å²) >= 11 is 0. The molecule has 2 aliphatic heterocycles. The Labute approximate surface area is 279 Å². The second kappa shape index (κ2) is 13.6. The van der Waals surface area contributed by atoms with Crippen LogP contribution in [0.3, 0.4) is 0 Å². The lowest BCUT2D eigenvalue weighted by molar-refractivity contribution is -0.131. The molecule has 0 radical (unpaired) electrons. The summed E-state index contributed by atoms with van der Waals surface area (Å²) in [7, 11) is 3.50. The van der Waals surface area contributed by atoms with Crippen LogP contribution in [-0.4, -0.2) is 66.7 Å². The number of nitrogens with zero attached hydrogens (tertiary/aromatic N) is 3. The Morgan fingerprint density at radius 2 is 1.56 bits per heavy atom. The van der Waals surface area contributed by atoms with Crippen molar-refractivity contribution < 1.29 is 23.2 Å². The van der Waals surface area contributed by atoms with E-state index in [1.165, 1.54) is 17.9 Å². The van der Waals surface area contributed by atoms with E-state index < -0.39 is 28.9 Å². The Bertz CT molecular complexity index is 1850. The lowest BCUT2D eigenvalue weighted by Crippen LogP contribution is -2.49. The van der Waals surface area contributed by atoms with Crippen molar-refractivity contribution in [2.45, 2.75) is 44.1 Å². The fourth-order valence-electron chi connectivity index (χ4n) is 6.91. The fourth-order valence-corrected chi connectivity index (χ4v) is 6.91. The number of carbonyl (C=O) groups excluding carboxylic acids is 3. The van der Waals surface area contributed by atoms with E-state index >= 15 is 8.78 Å². The number of aryl methyl sites for hydroxylation is 1. The van der Waals surface area contributed by atoms with Gasteiger partial charge in [0.1, 0.15) is 17.1 Å². The maximum atomic E-state index is 17.3. The van der Waals surface area contributed by atoms with E-state index in [0.717, 1.165) is 5.56 Å². The highest BCUT2D eigenvalue weighted by Crippen LogP contribution is 2.52. The van der Waals surface area contributed by atoms with Crippen molar-refractivity contribution >= 4 is 34.7 Å². The first-order valence-electron chi connectivity index (χ1n) is 16.2. The van der Waals surface area contributed by atoms with Crippen molar-refractivity contribution in [1.82, 2.24) is 9.80 Å². The fraction of sp³-hybridized carbons (Fsp3) is 0.282. The van der Waals surface area contributed by atoms with Crippen molar-refractivity contribution in [1.29, 1.82) is 0 Å². The molecule has 246 valence electrons. The number of hydrogen-bond donors (Lipinski definition) is 1. The molecule has 48 heavy (non-hydrogen) atoms. The molecule has 0 spiro atoms. The van der Waals surface area contributed by atoms with Crippen LogP contribution in [0.25, 0.3) is 5.57 Å². The van der Waals surface area contributed by atoms with E-state index in [2.05, 4.69) is 16.8 Å². The van der Waals surface area contributed by atoms with Crippen molar-refractivity contribution in [3.8, 4) is 0 Å². The standard InChI is InChI=1S/C39H38F2N4O3/c1-26-13-12-17-27-14-10-11-20-32(27)45(26)36-34(37(47)42-29-18-8-5-9-19-29)33(28-15-6-4-7-16-28)31(25-46)39(40,41)35(36)38(48)44(3)30-21-23-43(2)24-22-30/h4-11,14-16,18-20,30H,1,12-13,17,21-24H2,2-3H3,(H,42,47). The molecule has 3 aliphatic rings. The predicted octanol–water partition coefficient (Wildman–Crippen LogP) is 6.65. The SMILES string of the molecule is C=C1CCCc2ccccc2N1C1=C(C(=O)N(C)C2CCN(C)CC2)C(F)(F)C(=C=O)C(c2ccccc2)=C1C(=O)Nc1ccccc1. The number of likely N-dealkylation sites (tertiary alicyclic amines) is 1. The molecule has 1 N–H and O–H groups in total. The van der Waals surface area contributed by atoms with E-state index in [4.69, 9.17) is 0 Å². The lowest BCUT2D eigenvalue weighted by atomic mass is 9.78. The van der Waals surface area contributed by atoms with Gasteiger partial charge in [-0.1, -0.05) is 73.3 Å². The van der Waals surface area contributed by atoms with Gasteiger partial charge in [0.05, 0.1) is 11.3 Å². The highest BCUT2D eigenvalue weighted by atomic mass is 19.3. The number of carbonyl (C=O) groups is 2. The van der Waals surface area contributed by atoms with Gasteiger partial charge in [-0.25, -0.2) is 4.79 Å². The van der Waals surface area contributed by atoms with Crippen molar-refractivity contribution in [2.24, 2.45) is 0 Å². The number of halogens is 2. The molecule has 3 aromatic rings. The molecule has 3 aromatic carbocycles. The van der Waals surface area contributed by atoms with E-state index in [0.29, 0.717) is 62.3 Å². The van der Waals surface area contributed by atoms with Gasteiger partial charge in [0, 0.05) is 35.7 Å². The average molecular weight is 649 g/mol. The smallest absolute Gasteiger partial charge is 0.316 e. The lowest BCUT2D eigenvalue weighted by Gasteiger charge is -2.41. The Kier molecular flexibility index (Phi) is 9.27. The van der Waals surface area contributed by atoms with Gasteiger partial charge >= 0.3 is 5.92 Å². The molecular weight excluding hydrogens is 610 g/mol. The van der Waals surface area contributed by atoms with E-state index in [1.807, 2.05) is 19.2 Å². The average Bonchev–Trinajstić information content (AvgIpc) is 3.25. The number of nitrogens with one attached hydrogen (secondary N) is 1. The molecule has 0 saturated carbocycles. The summed E-state index contributed by atoms with van der Waals surface area (Å²) in [4.78, 5) is 47.2. The highest BCUT2D eigenvalue weighted by Gasteiger charge is 2.55. The number of anilines is 2. The number of allylic oxidation sites excluding steroid dienone is 3. The van der Waals surface area contributed by atoms with Crippen LogP contribution in [0, 0.1) is 0 Å². The normalized spacial score (nSPS) is 18.6. The molecule has 0 unspecified atom stereocenters. The first-order chi connectivity index (χ1) is 23.1. The number of para-hydroxylation sites is 2. The molecule has 6 rings (SSSR count). The van der Waals surface area contributed by atoms with Gasteiger partial charge in [-0.3, -0.25) is 9.59 Å². The number of likely N-dealkylation sites (N-methyl/N-ethyl adjacent to an activating group) is 1. The van der Waals surface area contributed by atoms with E-state index in [9.17, 15) is 14.4 Å². The van der Waals surface area contributed by atoms with Gasteiger partial charge in [0.25, 0.3) is 11.8 Å².